The van der Waals surface area contributed by atoms with Crippen LogP contribution in [0.5, 0.6) is 0 Å². The summed E-state index contributed by atoms with van der Waals surface area (Å²) in [5.74, 6) is 0.167. The van der Waals surface area contributed by atoms with Crippen molar-refractivity contribution in [1.29, 1.82) is 0 Å². The SMILES string of the molecule is C=C(C)C.CC.CC.CC(C)=O.CCCCCCCN(CCC)CCC.CCc1cccc(C)c1.Cc1ccc(C)c(C)n1. The molecule has 0 saturated carbocycles. The van der Waals surface area contributed by atoms with Crippen molar-refractivity contribution in [2.24, 2.45) is 0 Å². The quantitative estimate of drug-likeness (QED) is 0.186. The van der Waals surface area contributed by atoms with E-state index in [9.17, 15) is 4.79 Å². The van der Waals surface area contributed by atoms with E-state index in [4.69, 9.17) is 0 Å². The fourth-order valence-electron chi connectivity index (χ4n) is 3.60. The molecular formula is C41H78N2O. The maximum absolute atomic E-state index is 9.44. The molecule has 0 radical (unpaired) electrons. The number of rotatable bonds is 11. The van der Waals surface area contributed by atoms with Crippen molar-refractivity contribution in [2.45, 2.75) is 162 Å². The van der Waals surface area contributed by atoms with Gasteiger partial charge in [-0.05, 0) is 118 Å². The first-order valence-electron chi connectivity index (χ1n) is 17.6. The third-order valence-electron chi connectivity index (χ3n) is 5.64. The van der Waals surface area contributed by atoms with Gasteiger partial charge < -0.3 is 9.69 Å². The predicted octanol–water partition coefficient (Wildman–Crippen LogP) is 12.9. The first-order chi connectivity index (χ1) is 20.8. The Morgan fingerprint density at radius 3 is 1.52 bits per heavy atom. The lowest BCUT2D eigenvalue weighted by Gasteiger charge is -2.20. The monoisotopic (exact) mass is 615 g/mol. The fraction of sp³-hybridized carbons (Fsp3) is 0.659. The summed E-state index contributed by atoms with van der Waals surface area (Å²) in [5, 5.41) is 0. The number of hydrogen-bond acceptors (Lipinski definition) is 3. The summed E-state index contributed by atoms with van der Waals surface area (Å²) >= 11 is 0. The number of carbonyl (C=O) groups excluding carboxylic acids is 1. The molecule has 258 valence electrons. The van der Waals surface area contributed by atoms with E-state index in [0.29, 0.717) is 0 Å². The minimum atomic E-state index is 0.167. The summed E-state index contributed by atoms with van der Waals surface area (Å²) in [6.07, 6.45) is 10.8. The highest BCUT2D eigenvalue weighted by Crippen LogP contribution is 2.05. The largest absolute Gasteiger partial charge is 0.303 e. The minimum absolute atomic E-state index is 0.167. The predicted molar refractivity (Wildman–Crippen MR) is 204 cm³/mol. The Morgan fingerprint density at radius 2 is 1.18 bits per heavy atom. The van der Waals surface area contributed by atoms with Crippen LogP contribution in [0.3, 0.4) is 0 Å². The Balaban J connectivity index is -0.000000149. The lowest BCUT2D eigenvalue weighted by Crippen LogP contribution is -2.26. The van der Waals surface area contributed by atoms with Gasteiger partial charge in [0.15, 0.2) is 0 Å². The van der Waals surface area contributed by atoms with Crippen LogP contribution in [0.4, 0.5) is 0 Å². The van der Waals surface area contributed by atoms with E-state index in [-0.39, 0.29) is 5.78 Å². The number of nitrogens with zero attached hydrogens (tertiary/aromatic N) is 2. The topological polar surface area (TPSA) is 33.2 Å². The van der Waals surface area contributed by atoms with Crippen molar-refractivity contribution < 1.29 is 4.79 Å². The van der Waals surface area contributed by atoms with Crippen molar-refractivity contribution in [3.63, 3.8) is 0 Å². The van der Waals surface area contributed by atoms with Crippen molar-refractivity contribution >= 4 is 5.78 Å². The second-order valence-corrected chi connectivity index (χ2v) is 11.1. The molecule has 0 atom stereocenters. The Labute approximate surface area is 278 Å². The molecular weight excluding hydrogens is 536 g/mol. The molecule has 3 nitrogen and oxygen atoms in total. The van der Waals surface area contributed by atoms with Gasteiger partial charge in [-0.3, -0.25) is 4.98 Å². The van der Waals surface area contributed by atoms with Crippen LogP contribution in [0, 0.1) is 27.7 Å². The van der Waals surface area contributed by atoms with Crippen molar-refractivity contribution in [2.75, 3.05) is 19.6 Å². The summed E-state index contributed by atoms with van der Waals surface area (Å²) in [7, 11) is 0. The average molecular weight is 615 g/mol. The first-order valence-corrected chi connectivity index (χ1v) is 17.6. The number of benzene rings is 1. The molecule has 1 heterocycles. The number of Topliss-reactive ketones (excluding diaryl/α,β-unsaturated/α-hetero) is 1. The number of carbonyl (C=O) groups is 1. The van der Waals surface area contributed by atoms with E-state index in [2.05, 4.69) is 88.3 Å². The van der Waals surface area contributed by atoms with Gasteiger partial charge in [0.2, 0.25) is 0 Å². The number of aryl methyl sites for hydroxylation is 5. The maximum Gasteiger partial charge on any atom is 0.126 e. The summed E-state index contributed by atoms with van der Waals surface area (Å²) in [6.45, 7) is 39.7. The molecule has 2 rings (SSSR count). The van der Waals surface area contributed by atoms with Crippen molar-refractivity contribution in [1.82, 2.24) is 9.88 Å². The van der Waals surface area contributed by atoms with E-state index in [1.54, 1.807) is 0 Å². The van der Waals surface area contributed by atoms with Gasteiger partial charge in [-0.1, -0.05) is 123 Å². The van der Waals surface area contributed by atoms with Gasteiger partial charge in [0, 0.05) is 11.4 Å². The van der Waals surface area contributed by atoms with Gasteiger partial charge in [-0.25, -0.2) is 0 Å². The number of ketones is 1. The molecule has 0 bridgehead atoms. The minimum Gasteiger partial charge on any atom is -0.303 e. The van der Waals surface area contributed by atoms with Gasteiger partial charge in [0.25, 0.3) is 0 Å². The molecule has 0 amide bonds. The normalized spacial score (nSPS) is 8.93. The number of hydrogen-bond donors (Lipinski definition) is 0. The molecule has 0 aliphatic carbocycles. The molecule has 0 saturated heterocycles. The van der Waals surface area contributed by atoms with Gasteiger partial charge in [-0.2, -0.15) is 0 Å². The van der Waals surface area contributed by atoms with E-state index in [1.807, 2.05) is 61.5 Å². The van der Waals surface area contributed by atoms with Gasteiger partial charge in [-0.15, -0.1) is 6.58 Å². The summed E-state index contributed by atoms with van der Waals surface area (Å²) in [5.41, 5.74) is 7.44. The standard InChI is InChI=1S/C13H29N.C9H12.C8H11N.C4H8.C3H6O.2C2H6/c1-4-7-8-9-10-13-14(11-5-2)12-6-3;1-3-9-6-4-5-8(2)7-9;1-6-4-5-7(2)9-8(6)3;1-4(2)3;1-3(2)4;2*1-2/h4-13H2,1-3H3;4-7H,3H2,1-2H3;4-5H,1-3H3;1H2,2-3H3;1-2H3;2*1-2H3. The molecule has 0 fully saturated rings. The number of aromatic nitrogens is 1. The van der Waals surface area contributed by atoms with Crippen LogP contribution in [0.15, 0.2) is 48.6 Å². The lowest BCUT2D eigenvalue weighted by molar-refractivity contribution is -0.115. The fourth-order valence-corrected chi connectivity index (χ4v) is 3.60. The third kappa shape index (κ3) is 46.7. The van der Waals surface area contributed by atoms with Crippen LogP contribution in [-0.4, -0.2) is 35.3 Å². The van der Waals surface area contributed by atoms with Crippen LogP contribution in [0.1, 0.15) is 156 Å². The van der Waals surface area contributed by atoms with E-state index >= 15 is 0 Å². The van der Waals surface area contributed by atoms with Crippen molar-refractivity contribution in [3.05, 3.63) is 76.6 Å². The summed E-state index contributed by atoms with van der Waals surface area (Å²) in [6, 6.07) is 12.7. The Morgan fingerprint density at radius 1 is 0.705 bits per heavy atom. The first kappa shape index (κ1) is 51.3. The van der Waals surface area contributed by atoms with Gasteiger partial charge in [0.05, 0.1) is 0 Å². The smallest absolute Gasteiger partial charge is 0.126 e. The number of allylic oxidation sites excluding steroid dienone is 1. The second kappa shape index (κ2) is 40.7. The van der Waals surface area contributed by atoms with Gasteiger partial charge >= 0.3 is 0 Å². The van der Waals surface area contributed by atoms with Crippen LogP contribution >= 0.6 is 0 Å². The van der Waals surface area contributed by atoms with Crippen molar-refractivity contribution in [3.8, 4) is 0 Å². The Bertz CT molecular complexity index is 847. The molecule has 0 aliphatic heterocycles. The summed E-state index contributed by atoms with van der Waals surface area (Å²) < 4.78 is 0. The lowest BCUT2D eigenvalue weighted by atomic mass is 10.1. The molecule has 0 unspecified atom stereocenters. The highest BCUT2D eigenvalue weighted by atomic mass is 16.1. The van der Waals surface area contributed by atoms with E-state index in [0.717, 1.165) is 17.8 Å². The zero-order valence-electron chi connectivity index (χ0n) is 32.8. The molecule has 0 N–H and O–H groups in total. The Kier molecular flexibility index (Phi) is 47.5. The van der Waals surface area contributed by atoms with E-state index in [1.165, 1.54) is 101 Å². The number of unbranched alkanes of at least 4 members (excludes halogenated alkanes) is 4. The van der Waals surface area contributed by atoms with Crippen LogP contribution in [0.25, 0.3) is 0 Å². The van der Waals surface area contributed by atoms with Crippen LogP contribution in [0.2, 0.25) is 0 Å². The average Bonchev–Trinajstić information content (AvgIpc) is 2.97. The zero-order chi connectivity index (χ0) is 35.3. The molecule has 0 aliphatic rings. The second-order valence-electron chi connectivity index (χ2n) is 11.1. The van der Waals surface area contributed by atoms with Gasteiger partial charge in [0.1, 0.15) is 5.78 Å². The third-order valence-corrected chi connectivity index (χ3v) is 5.64. The highest BCUT2D eigenvalue weighted by Gasteiger charge is 2.01. The molecule has 44 heavy (non-hydrogen) atoms. The molecule has 0 spiro atoms. The molecule has 1 aromatic carbocycles. The number of pyridine rings is 1. The van der Waals surface area contributed by atoms with E-state index < -0.39 is 0 Å². The zero-order valence-corrected chi connectivity index (χ0v) is 32.8. The Hall–Kier alpha value is -2.26. The maximum atomic E-state index is 9.44. The molecule has 1 aromatic heterocycles. The molecule has 2 aromatic rings. The summed E-state index contributed by atoms with van der Waals surface area (Å²) in [4.78, 5) is 16.3. The highest BCUT2D eigenvalue weighted by molar-refractivity contribution is 5.72. The van der Waals surface area contributed by atoms with Crippen LogP contribution in [-0.2, 0) is 11.2 Å². The molecule has 3 heteroatoms. The van der Waals surface area contributed by atoms with Crippen LogP contribution < -0.4 is 0 Å².